The standard InChI is InChI=1S/C27H35FO9/c1-6-35-23(33)37-27(21(31)14-36-22(32)34-5)15(2)11-19-18-8-7-16-12-17(29)9-10-24(16,3)26(18,28)20(30)13-25(19,27)4/h9-10,12,15,18-20,30H,6-8,11,13-14H2,1-5H3/t15-,18+,19+,20+,24+,25+,26+,27+/m1/s1. The summed E-state index contributed by atoms with van der Waals surface area (Å²) in [7, 11) is 1.10. The number of hydrogen-bond donors (Lipinski definition) is 1. The lowest BCUT2D eigenvalue weighted by atomic mass is 9.44. The van der Waals surface area contributed by atoms with Gasteiger partial charge in [0.25, 0.3) is 0 Å². The van der Waals surface area contributed by atoms with Gasteiger partial charge in [-0.25, -0.2) is 14.0 Å². The Bertz CT molecular complexity index is 1070. The molecule has 0 bridgehead atoms. The first-order valence-corrected chi connectivity index (χ1v) is 12.7. The minimum atomic E-state index is -2.11. The molecule has 0 unspecified atom stereocenters. The molecule has 0 aromatic carbocycles. The number of alkyl halides is 1. The summed E-state index contributed by atoms with van der Waals surface area (Å²) in [4.78, 5) is 50.1. The number of carbonyl (C=O) groups is 4. The molecular formula is C27H35FO9. The molecule has 0 spiro atoms. The van der Waals surface area contributed by atoms with Crippen LogP contribution in [0.3, 0.4) is 0 Å². The maximum atomic E-state index is 17.4. The largest absolute Gasteiger partial charge is 0.509 e. The summed E-state index contributed by atoms with van der Waals surface area (Å²) in [6.07, 6.45) is 1.63. The van der Waals surface area contributed by atoms with Crippen molar-refractivity contribution in [1.29, 1.82) is 0 Å². The molecule has 0 aromatic heterocycles. The van der Waals surface area contributed by atoms with Crippen LogP contribution in [-0.2, 0) is 28.5 Å². The van der Waals surface area contributed by atoms with Gasteiger partial charge in [0.1, 0.15) is 0 Å². The van der Waals surface area contributed by atoms with Crippen LogP contribution in [-0.4, -0.2) is 66.7 Å². The SMILES string of the molecule is CCOC(=O)O[C@]1(C(=O)COC(=O)OC)[C@H](C)C[C@H]2[C@@H]3CCC4=CC(=O)C=C[C@]4(C)[C@@]3(F)[C@@H](O)C[C@@]21C. The molecule has 4 aliphatic carbocycles. The smallest absolute Gasteiger partial charge is 0.438 e. The first-order valence-electron chi connectivity index (χ1n) is 12.7. The molecule has 1 N–H and O–H groups in total. The number of halogens is 1. The van der Waals surface area contributed by atoms with Gasteiger partial charge in [-0.3, -0.25) is 9.59 Å². The normalized spacial score (nSPS) is 42.0. The van der Waals surface area contributed by atoms with Gasteiger partial charge >= 0.3 is 12.3 Å². The summed E-state index contributed by atoms with van der Waals surface area (Å²) in [6.45, 7) is 6.05. The van der Waals surface area contributed by atoms with Crippen molar-refractivity contribution in [2.75, 3.05) is 20.3 Å². The van der Waals surface area contributed by atoms with Gasteiger partial charge in [-0.05, 0) is 57.6 Å². The van der Waals surface area contributed by atoms with E-state index in [2.05, 4.69) is 4.74 Å². The zero-order valence-corrected chi connectivity index (χ0v) is 21.9. The summed E-state index contributed by atoms with van der Waals surface area (Å²) >= 11 is 0. The number of carbonyl (C=O) groups excluding carboxylic acids is 4. The monoisotopic (exact) mass is 522 g/mol. The van der Waals surface area contributed by atoms with Gasteiger partial charge in [0.2, 0.25) is 5.78 Å². The van der Waals surface area contributed by atoms with E-state index in [1.165, 1.54) is 12.2 Å². The molecule has 0 radical (unpaired) electrons. The zero-order chi connectivity index (χ0) is 27.4. The van der Waals surface area contributed by atoms with Crippen LogP contribution in [0.15, 0.2) is 23.8 Å². The molecule has 204 valence electrons. The van der Waals surface area contributed by atoms with Crippen LogP contribution in [0.2, 0.25) is 0 Å². The fourth-order valence-electron chi connectivity index (χ4n) is 7.97. The van der Waals surface area contributed by atoms with Crippen LogP contribution < -0.4 is 0 Å². The number of methoxy groups -OCH3 is 1. The van der Waals surface area contributed by atoms with Crippen molar-refractivity contribution in [1.82, 2.24) is 0 Å². The lowest BCUT2D eigenvalue weighted by Crippen LogP contribution is -2.70. The lowest BCUT2D eigenvalue weighted by molar-refractivity contribution is -0.222. The highest BCUT2D eigenvalue weighted by Gasteiger charge is 2.77. The quantitative estimate of drug-likeness (QED) is 0.536. The predicted octanol–water partition coefficient (Wildman–Crippen LogP) is 3.87. The molecule has 0 aliphatic heterocycles. The van der Waals surface area contributed by atoms with Crippen LogP contribution >= 0.6 is 0 Å². The van der Waals surface area contributed by atoms with E-state index >= 15 is 4.39 Å². The van der Waals surface area contributed by atoms with Crippen molar-refractivity contribution in [3.8, 4) is 0 Å². The fourth-order valence-corrected chi connectivity index (χ4v) is 7.97. The Morgan fingerprint density at radius 1 is 1.16 bits per heavy atom. The van der Waals surface area contributed by atoms with E-state index in [0.717, 1.165) is 7.11 Å². The molecule has 9 nitrogen and oxygen atoms in total. The van der Waals surface area contributed by atoms with Crippen molar-refractivity contribution < 1.29 is 47.6 Å². The maximum absolute atomic E-state index is 17.4. The molecule has 0 amide bonds. The van der Waals surface area contributed by atoms with E-state index in [0.29, 0.717) is 24.8 Å². The Morgan fingerprint density at radius 2 is 1.86 bits per heavy atom. The number of aliphatic hydroxyl groups is 1. The molecule has 4 aliphatic rings. The van der Waals surface area contributed by atoms with Crippen molar-refractivity contribution in [3.63, 3.8) is 0 Å². The van der Waals surface area contributed by atoms with Crippen molar-refractivity contribution in [2.45, 2.75) is 70.8 Å². The van der Waals surface area contributed by atoms with Gasteiger partial charge in [0.05, 0.1) is 19.8 Å². The molecule has 8 atom stereocenters. The Kier molecular flexibility index (Phi) is 6.80. The molecule has 0 heterocycles. The van der Waals surface area contributed by atoms with Crippen LogP contribution in [0.25, 0.3) is 0 Å². The first kappa shape index (κ1) is 27.3. The van der Waals surface area contributed by atoms with Crippen LogP contribution in [0, 0.1) is 28.6 Å². The zero-order valence-electron chi connectivity index (χ0n) is 21.9. The van der Waals surface area contributed by atoms with Crippen molar-refractivity contribution in [2.24, 2.45) is 28.6 Å². The molecule has 37 heavy (non-hydrogen) atoms. The summed E-state index contributed by atoms with van der Waals surface area (Å²) in [6, 6.07) is 0. The number of rotatable bonds is 5. The van der Waals surface area contributed by atoms with Gasteiger partial charge in [-0.2, -0.15) is 0 Å². The van der Waals surface area contributed by atoms with E-state index in [4.69, 9.17) is 14.2 Å². The number of allylic oxidation sites excluding steroid dienone is 4. The van der Waals surface area contributed by atoms with E-state index in [1.807, 2.05) is 0 Å². The van der Waals surface area contributed by atoms with E-state index in [-0.39, 0.29) is 18.8 Å². The molecule has 0 saturated heterocycles. The first-order chi connectivity index (χ1) is 17.3. The maximum Gasteiger partial charge on any atom is 0.509 e. The second-order valence-corrected chi connectivity index (χ2v) is 11.1. The van der Waals surface area contributed by atoms with Crippen LogP contribution in [0.1, 0.15) is 53.4 Å². The fraction of sp³-hybridized carbons (Fsp3) is 0.704. The second-order valence-electron chi connectivity index (χ2n) is 11.1. The average Bonchev–Trinajstić information content (AvgIpc) is 3.05. The number of Topliss-reactive ketones (excluding diaryl/α,β-unsaturated/α-hetero) is 1. The molecular weight excluding hydrogens is 487 g/mol. The van der Waals surface area contributed by atoms with Crippen LogP contribution in [0.4, 0.5) is 14.0 Å². The molecule has 10 heteroatoms. The van der Waals surface area contributed by atoms with Gasteiger partial charge in [-0.1, -0.05) is 25.5 Å². The molecule has 0 aromatic rings. The van der Waals surface area contributed by atoms with Gasteiger partial charge in [-0.15, -0.1) is 0 Å². The van der Waals surface area contributed by atoms with Crippen molar-refractivity contribution in [3.05, 3.63) is 23.8 Å². The third-order valence-corrected chi connectivity index (χ3v) is 9.59. The highest BCUT2D eigenvalue weighted by Crippen LogP contribution is 2.71. The van der Waals surface area contributed by atoms with E-state index in [9.17, 15) is 24.3 Å². The summed E-state index contributed by atoms with van der Waals surface area (Å²) in [5, 5.41) is 11.5. The van der Waals surface area contributed by atoms with Gasteiger partial charge in [0.15, 0.2) is 23.7 Å². The number of fused-ring (bicyclic) bond motifs is 5. The molecule has 4 rings (SSSR count). The third-order valence-electron chi connectivity index (χ3n) is 9.59. The Morgan fingerprint density at radius 3 is 2.51 bits per heavy atom. The van der Waals surface area contributed by atoms with Gasteiger partial charge < -0.3 is 24.1 Å². The predicted molar refractivity (Wildman–Crippen MR) is 127 cm³/mol. The average molecular weight is 523 g/mol. The Balaban J connectivity index is 1.80. The lowest BCUT2D eigenvalue weighted by Gasteiger charge is -2.62. The molecule has 3 fully saturated rings. The van der Waals surface area contributed by atoms with Crippen LogP contribution in [0.5, 0.6) is 0 Å². The Hall–Kier alpha value is -2.75. The Labute approximate surface area is 215 Å². The summed E-state index contributed by atoms with van der Waals surface area (Å²) in [5.41, 5.74) is -5.69. The van der Waals surface area contributed by atoms with E-state index in [1.54, 1.807) is 33.8 Å². The molecule has 3 saturated carbocycles. The summed E-state index contributed by atoms with van der Waals surface area (Å²) in [5.74, 6) is -2.64. The van der Waals surface area contributed by atoms with Gasteiger partial charge in [0, 0.05) is 22.7 Å². The topological polar surface area (TPSA) is 125 Å². The highest BCUT2D eigenvalue weighted by atomic mass is 19.1. The van der Waals surface area contributed by atoms with E-state index < -0.39 is 70.7 Å². The van der Waals surface area contributed by atoms with Crippen molar-refractivity contribution >= 4 is 23.9 Å². The summed E-state index contributed by atoms with van der Waals surface area (Å²) < 4.78 is 37.6. The number of ketones is 2. The second kappa shape index (κ2) is 9.22. The number of hydrogen-bond acceptors (Lipinski definition) is 9. The highest BCUT2D eigenvalue weighted by molar-refractivity contribution is 6.01. The minimum Gasteiger partial charge on any atom is -0.438 e. The minimum absolute atomic E-state index is 0.00759. The number of ether oxygens (including phenoxy) is 4. The third kappa shape index (κ3) is 3.66. The number of aliphatic hydroxyl groups excluding tert-OH is 1.